The molecule has 2 aliphatic carbocycles. The smallest absolute Gasteiger partial charge is 0.405 e. The second-order valence-corrected chi connectivity index (χ2v) is 5.83. The van der Waals surface area contributed by atoms with E-state index in [0.717, 1.165) is 11.7 Å². The molecule has 0 aromatic rings. The minimum Gasteiger partial charge on any atom is -0.405 e. The number of hydrogen-bond acceptors (Lipinski definition) is 2. The van der Waals surface area contributed by atoms with Gasteiger partial charge >= 0.3 is 7.12 Å². The van der Waals surface area contributed by atoms with Crippen LogP contribution >= 0.6 is 15.9 Å². The van der Waals surface area contributed by atoms with Crippen LogP contribution in [0.2, 0.25) is 0 Å². The second-order valence-electron chi connectivity index (χ2n) is 5.18. The van der Waals surface area contributed by atoms with E-state index in [4.69, 9.17) is 9.31 Å². The van der Waals surface area contributed by atoms with E-state index < -0.39 is 0 Å². The van der Waals surface area contributed by atoms with Gasteiger partial charge in [0.1, 0.15) is 0 Å². The highest BCUT2D eigenvalue weighted by molar-refractivity contribution is 9.09. The molecule has 3 rings (SSSR count). The summed E-state index contributed by atoms with van der Waals surface area (Å²) in [5, 5.41) is 0.772. The van der Waals surface area contributed by atoms with Crippen LogP contribution in [0.3, 0.4) is 0 Å². The van der Waals surface area contributed by atoms with Crippen LogP contribution in [0.25, 0.3) is 0 Å². The van der Waals surface area contributed by atoms with Crippen LogP contribution in [0.5, 0.6) is 0 Å². The van der Waals surface area contributed by atoms with Gasteiger partial charge in [-0.25, -0.2) is 0 Å². The average Bonchev–Trinajstić information content (AvgIpc) is 2.69. The first-order valence-corrected chi connectivity index (χ1v) is 6.85. The van der Waals surface area contributed by atoms with E-state index in [2.05, 4.69) is 41.9 Å². The highest BCUT2D eigenvalue weighted by Gasteiger charge is 2.58. The van der Waals surface area contributed by atoms with Crippen molar-refractivity contribution in [2.45, 2.75) is 32.0 Å². The van der Waals surface area contributed by atoms with Crippen LogP contribution in [-0.4, -0.2) is 24.1 Å². The maximum atomic E-state index is 6.08. The van der Waals surface area contributed by atoms with E-state index in [9.17, 15) is 0 Å². The van der Waals surface area contributed by atoms with E-state index in [1.54, 1.807) is 0 Å². The lowest BCUT2D eigenvalue weighted by Crippen LogP contribution is -2.50. The molecule has 0 N–H and O–H groups in total. The average molecular weight is 271 g/mol. The summed E-state index contributed by atoms with van der Waals surface area (Å²) in [6.07, 6.45) is 6.10. The van der Waals surface area contributed by atoms with E-state index in [1.807, 2.05) is 0 Å². The van der Waals surface area contributed by atoms with E-state index in [-0.39, 0.29) is 18.8 Å². The number of hydrogen-bond donors (Lipinski definition) is 0. The maximum Gasteiger partial charge on any atom is 0.468 e. The lowest BCUT2D eigenvalue weighted by Gasteiger charge is -2.44. The third kappa shape index (κ3) is 1.31. The van der Waals surface area contributed by atoms with Gasteiger partial charge < -0.3 is 9.31 Å². The summed E-state index contributed by atoms with van der Waals surface area (Å²) in [4.78, 5) is 0. The zero-order valence-electron chi connectivity index (χ0n) is 9.15. The molecule has 1 saturated heterocycles. The van der Waals surface area contributed by atoms with E-state index >= 15 is 0 Å². The number of fused-ring (bicyclic) bond motifs is 4. The predicted octanol–water partition coefficient (Wildman–Crippen LogP) is 2.42. The molecule has 2 bridgehead atoms. The quantitative estimate of drug-likeness (QED) is 0.414. The van der Waals surface area contributed by atoms with Gasteiger partial charge in [-0.1, -0.05) is 35.0 Å². The minimum absolute atomic E-state index is 0.0556. The van der Waals surface area contributed by atoms with Gasteiger partial charge in [0.25, 0.3) is 0 Å². The van der Waals surface area contributed by atoms with Crippen molar-refractivity contribution in [2.75, 3.05) is 5.23 Å². The van der Waals surface area contributed by atoms with Gasteiger partial charge in [0.15, 0.2) is 0 Å². The van der Waals surface area contributed by atoms with Crippen LogP contribution in [0.4, 0.5) is 0 Å². The summed E-state index contributed by atoms with van der Waals surface area (Å²) in [6, 6.07) is 0. The number of alkyl halides is 1. The SMILES string of the molecule is CC1C2C=CC1C1(C)OB(CBr)OC1C2. The fourth-order valence-electron chi connectivity index (χ4n) is 3.49. The Balaban J connectivity index is 1.91. The van der Waals surface area contributed by atoms with Gasteiger partial charge in [-0.05, 0) is 25.2 Å². The Hall–Kier alpha value is 0.205. The molecule has 2 fully saturated rings. The first-order valence-electron chi connectivity index (χ1n) is 5.72. The third-order valence-electron chi connectivity index (χ3n) is 4.42. The molecule has 0 radical (unpaired) electrons. The Morgan fingerprint density at radius 2 is 2.33 bits per heavy atom. The third-order valence-corrected chi connectivity index (χ3v) is 4.95. The molecule has 5 atom stereocenters. The van der Waals surface area contributed by atoms with Crippen molar-refractivity contribution in [1.82, 2.24) is 0 Å². The van der Waals surface area contributed by atoms with Crippen molar-refractivity contribution in [1.29, 1.82) is 0 Å². The van der Waals surface area contributed by atoms with Crippen molar-refractivity contribution < 1.29 is 9.31 Å². The molecule has 0 amide bonds. The highest BCUT2D eigenvalue weighted by atomic mass is 79.9. The molecule has 1 saturated carbocycles. The summed E-state index contributed by atoms with van der Waals surface area (Å²) in [5.41, 5.74) is -0.0959. The molecule has 3 aliphatic rings. The molecule has 0 aromatic heterocycles. The molecule has 2 nitrogen and oxygen atoms in total. The monoisotopic (exact) mass is 270 g/mol. The highest BCUT2D eigenvalue weighted by Crippen LogP contribution is 2.52. The first kappa shape index (κ1) is 10.4. The summed E-state index contributed by atoms with van der Waals surface area (Å²) < 4.78 is 12.0. The topological polar surface area (TPSA) is 18.5 Å². The van der Waals surface area contributed by atoms with Gasteiger partial charge in [0.05, 0.1) is 11.7 Å². The van der Waals surface area contributed by atoms with Crippen molar-refractivity contribution in [3.63, 3.8) is 0 Å². The molecular formula is C11H16BBrO2. The second kappa shape index (κ2) is 3.35. The summed E-state index contributed by atoms with van der Waals surface area (Å²) >= 11 is 3.43. The van der Waals surface area contributed by atoms with E-state index in [1.165, 1.54) is 0 Å². The van der Waals surface area contributed by atoms with Crippen LogP contribution in [0.1, 0.15) is 20.3 Å². The predicted molar refractivity (Wildman–Crippen MR) is 63.8 cm³/mol. The largest absolute Gasteiger partial charge is 0.468 e. The van der Waals surface area contributed by atoms with Crippen molar-refractivity contribution in [2.24, 2.45) is 17.8 Å². The normalized spacial score (nSPS) is 52.3. The first-order chi connectivity index (χ1) is 7.15. The molecule has 4 heteroatoms. The Labute approximate surface area is 99.7 Å². The van der Waals surface area contributed by atoms with E-state index in [0.29, 0.717) is 17.8 Å². The van der Waals surface area contributed by atoms with Gasteiger partial charge in [-0.15, -0.1) is 0 Å². The fraction of sp³-hybridized carbons (Fsp3) is 0.818. The van der Waals surface area contributed by atoms with Crippen LogP contribution in [-0.2, 0) is 9.31 Å². The standard InChI is InChI=1S/C11H16BBrO2/c1-7-8-3-4-9(7)11(2)10(5-8)14-12(6-13)15-11/h3-4,7-10H,5-6H2,1-2H3. The lowest BCUT2D eigenvalue weighted by atomic mass is 9.68. The number of allylic oxidation sites excluding steroid dienone is 1. The Morgan fingerprint density at radius 1 is 1.53 bits per heavy atom. The fourth-order valence-corrected chi connectivity index (χ4v) is 3.77. The summed E-state index contributed by atoms with van der Waals surface area (Å²) in [7, 11) is -0.0556. The molecular weight excluding hydrogens is 255 g/mol. The molecule has 5 unspecified atom stereocenters. The van der Waals surface area contributed by atoms with Gasteiger partial charge in [-0.2, -0.15) is 0 Å². The zero-order valence-corrected chi connectivity index (χ0v) is 10.7. The summed E-state index contributed by atoms with van der Waals surface area (Å²) in [5.74, 6) is 1.94. The lowest BCUT2D eigenvalue weighted by molar-refractivity contribution is -0.0438. The van der Waals surface area contributed by atoms with Crippen LogP contribution < -0.4 is 0 Å². The van der Waals surface area contributed by atoms with Gasteiger partial charge in [0, 0.05) is 11.1 Å². The summed E-state index contributed by atoms with van der Waals surface area (Å²) in [6.45, 7) is 4.55. The Morgan fingerprint density at radius 3 is 3.07 bits per heavy atom. The van der Waals surface area contributed by atoms with Gasteiger partial charge in [-0.3, -0.25) is 0 Å². The molecule has 0 aromatic carbocycles. The Bertz CT molecular complexity index is 309. The molecule has 1 aliphatic heterocycles. The molecule has 0 spiro atoms. The van der Waals surface area contributed by atoms with Crippen molar-refractivity contribution >= 4 is 23.0 Å². The number of halogens is 1. The minimum atomic E-state index is -0.0959. The maximum absolute atomic E-state index is 6.08. The zero-order chi connectivity index (χ0) is 10.6. The number of rotatable bonds is 1. The van der Waals surface area contributed by atoms with Crippen molar-refractivity contribution in [3.8, 4) is 0 Å². The van der Waals surface area contributed by atoms with Crippen LogP contribution in [0.15, 0.2) is 12.2 Å². The molecule has 82 valence electrons. The van der Waals surface area contributed by atoms with Crippen LogP contribution in [0, 0.1) is 17.8 Å². The molecule has 1 heterocycles. The Kier molecular flexibility index (Phi) is 2.31. The molecule has 15 heavy (non-hydrogen) atoms. The van der Waals surface area contributed by atoms with Gasteiger partial charge in [0.2, 0.25) is 0 Å². The van der Waals surface area contributed by atoms with Crippen molar-refractivity contribution in [3.05, 3.63) is 12.2 Å².